The fourth-order valence-corrected chi connectivity index (χ4v) is 3.26. The van der Waals surface area contributed by atoms with E-state index in [9.17, 15) is 0 Å². The van der Waals surface area contributed by atoms with Crippen LogP contribution < -0.4 is 5.73 Å². The Morgan fingerprint density at radius 3 is 2.68 bits per heavy atom. The number of aryl methyl sites for hydroxylation is 1. The van der Waals surface area contributed by atoms with Crippen molar-refractivity contribution in [2.75, 3.05) is 25.4 Å². The van der Waals surface area contributed by atoms with Crippen LogP contribution in [0.15, 0.2) is 24.4 Å². The van der Waals surface area contributed by atoms with Crippen molar-refractivity contribution in [1.29, 1.82) is 0 Å². The first-order chi connectivity index (χ1) is 9.19. The lowest BCUT2D eigenvalue weighted by atomic mass is 10.0. The van der Waals surface area contributed by atoms with Gasteiger partial charge in [0.05, 0.1) is 0 Å². The number of nitrogen functional groups attached to an aromatic ring is 1. The molecule has 3 nitrogen and oxygen atoms in total. The molecule has 2 aromatic rings. The molecule has 0 amide bonds. The maximum absolute atomic E-state index is 5.90. The molecule has 1 aromatic carbocycles. The van der Waals surface area contributed by atoms with Gasteiger partial charge in [0.2, 0.25) is 0 Å². The van der Waals surface area contributed by atoms with E-state index in [4.69, 9.17) is 5.73 Å². The highest BCUT2D eigenvalue weighted by Gasteiger charge is 2.21. The predicted octanol–water partition coefficient (Wildman–Crippen LogP) is 3.19. The van der Waals surface area contributed by atoms with Crippen molar-refractivity contribution in [3.05, 3.63) is 30.0 Å². The molecule has 0 bridgehead atoms. The number of anilines is 1. The lowest BCUT2D eigenvalue weighted by molar-refractivity contribution is 0.197. The summed E-state index contributed by atoms with van der Waals surface area (Å²) in [5, 5.41) is 1.30. The average Bonchev–Trinajstić information content (AvgIpc) is 2.76. The molecular weight excluding hydrogens is 234 g/mol. The van der Waals surface area contributed by atoms with Crippen LogP contribution >= 0.6 is 0 Å². The SMILES string of the molecule is CCN1CCC(n2cc(C)c3cc(N)ccc32)CC1. The highest BCUT2D eigenvalue weighted by Crippen LogP contribution is 2.30. The molecule has 1 saturated heterocycles. The fourth-order valence-electron chi connectivity index (χ4n) is 3.26. The fraction of sp³-hybridized carbons (Fsp3) is 0.500. The van der Waals surface area contributed by atoms with Crippen LogP contribution in [0.25, 0.3) is 10.9 Å². The van der Waals surface area contributed by atoms with E-state index < -0.39 is 0 Å². The van der Waals surface area contributed by atoms with E-state index in [0.717, 1.165) is 5.69 Å². The maximum atomic E-state index is 5.90. The van der Waals surface area contributed by atoms with Gasteiger partial charge in [-0.3, -0.25) is 0 Å². The largest absolute Gasteiger partial charge is 0.399 e. The number of fused-ring (bicyclic) bond motifs is 1. The minimum atomic E-state index is 0.641. The third-order valence-electron chi connectivity index (χ3n) is 4.45. The van der Waals surface area contributed by atoms with Crippen LogP contribution in [0.5, 0.6) is 0 Å². The molecule has 1 aliphatic rings. The number of hydrogen-bond donors (Lipinski definition) is 1. The van der Waals surface area contributed by atoms with E-state index >= 15 is 0 Å². The quantitative estimate of drug-likeness (QED) is 0.838. The highest BCUT2D eigenvalue weighted by atomic mass is 15.1. The number of nitrogens with two attached hydrogens (primary N) is 1. The Kier molecular flexibility index (Phi) is 3.23. The highest BCUT2D eigenvalue weighted by molar-refractivity contribution is 5.86. The van der Waals surface area contributed by atoms with Gasteiger partial charge >= 0.3 is 0 Å². The molecule has 102 valence electrons. The minimum absolute atomic E-state index is 0.641. The van der Waals surface area contributed by atoms with Gasteiger partial charge in [-0.05, 0) is 50.1 Å². The maximum Gasteiger partial charge on any atom is 0.0487 e. The van der Waals surface area contributed by atoms with Gasteiger partial charge in [-0.25, -0.2) is 0 Å². The van der Waals surface area contributed by atoms with Gasteiger partial charge in [0.15, 0.2) is 0 Å². The number of rotatable bonds is 2. The lowest BCUT2D eigenvalue weighted by Crippen LogP contribution is -2.34. The molecule has 1 aliphatic heterocycles. The number of piperidine rings is 1. The molecule has 0 spiro atoms. The summed E-state index contributed by atoms with van der Waals surface area (Å²) in [7, 11) is 0. The standard InChI is InChI=1S/C16H23N3/c1-3-18-8-6-14(7-9-18)19-11-12(2)15-10-13(17)4-5-16(15)19/h4-5,10-11,14H,3,6-9,17H2,1-2H3. The molecule has 3 heteroatoms. The topological polar surface area (TPSA) is 34.2 Å². The van der Waals surface area contributed by atoms with Gasteiger partial charge in [-0.2, -0.15) is 0 Å². The molecule has 0 unspecified atom stereocenters. The molecule has 0 aliphatic carbocycles. The predicted molar refractivity (Wildman–Crippen MR) is 81.5 cm³/mol. The summed E-state index contributed by atoms with van der Waals surface area (Å²) in [6, 6.07) is 6.92. The Labute approximate surface area is 115 Å². The Balaban J connectivity index is 1.93. The van der Waals surface area contributed by atoms with Crippen LogP contribution in [-0.2, 0) is 0 Å². The number of likely N-dealkylation sites (tertiary alicyclic amines) is 1. The van der Waals surface area contributed by atoms with Crippen molar-refractivity contribution in [3.63, 3.8) is 0 Å². The van der Waals surface area contributed by atoms with Crippen molar-refractivity contribution >= 4 is 16.6 Å². The molecule has 1 fully saturated rings. The monoisotopic (exact) mass is 257 g/mol. The first-order valence-electron chi connectivity index (χ1n) is 7.28. The second-order valence-corrected chi connectivity index (χ2v) is 5.66. The van der Waals surface area contributed by atoms with Crippen LogP contribution in [0.2, 0.25) is 0 Å². The number of aromatic nitrogens is 1. The first-order valence-corrected chi connectivity index (χ1v) is 7.28. The molecule has 19 heavy (non-hydrogen) atoms. The summed E-state index contributed by atoms with van der Waals surface area (Å²) in [6.07, 6.45) is 4.80. The van der Waals surface area contributed by atoms with Crippen LogP contribution in [0, 0.1) is 6.92 Å². The van der Waals surface area contributed by atoms with E-state index in [2.05, 4.69) is 41.6 Å². The number of benzene rings is 1. The van der Waals surface area contributed by atoms with E-state index in [1.54, 1.807) is 0 Å². The van der Waals surface area contributed by atoms with Gasteiger partial charge in [0.1, 0.15) is 0 Å². The summed E-state index contributed by atoms with van der Waals surface area (Å²) in [4.78, 5) is 2.53. The molecular formula is C16H23N3. The Morgan fingerprint density at radius 1 is 1.26 bits per heavy atom. The van der Waals surface area contributed by atoms with E-state index in [0.29, 0.717) is 6.04 Å². The Bertz CT molecular complexity index is 577. The van der Waals surface area contributed by atoms with Crippen molar-refractivity contribution in [2.24, 2.45) is 0 Å². The zero-order chi connectivity index (χ0) is 13.4. The summed E-state index contributed by atoms with van der Waals surface area (Å²) < 4.78 is 2.47. The zero-order valence-corrected chi connectivity index (χ0v) is 11.9. The number of hydrogen-bond acceptors (Lipinski definition) is 2. The van der Waals surface area contributed by atoms with E-state index in [1.807, 2.05) is 6.07 Å². The van der Waals surface area contributed by atoms with Crippen molar-refractivity contribution < 1.29 is 0 Å². The number of nitrogens with zero attached hydrogens (tertiary/aromatic N) is 2. The van der Waals surface area contributed by atoms with Crippen LogP contribution in [0.4, 0.5) is 5.69 Å². The van der Waals surface area contributed by atoms with Crippen molar-refractivity contribution in [2.45, 2.75) is 32.7 Å². The van der Waals surface area contributed by atoms with Gasteiger partial charge in [-0.1, -0.05) is 6.92 Å². The summed E-state index contributed by atoms with van der Waals surface area (Å²) in [6.45, 7) is 8.04. The molecule has 1 aromatic heterocycles. The van der Waals surface area contributed by atoms with Gasteiger partial charge in [-0.15, -0.1) is 0 Å². The molecule has 3 rings (SSSR count). The van der Waals surface area contributed by atoms with Gasteiger partial charge in [0, 0.05) is 41.9 Å². The third kappa shape index (κ3) is 2.23. The molecule has 2 heterocycles. The van der Waals surface area contributed by atoms with Crippen LogP contribution in [0.1, 0.15) is 31.4 Å². The smallest absolute Gasteiger partial charge is 0.0487 e. The Hall–Kier alpha value is -1.48. The zero-order valence-electron chi connectivity index (χ0n) is 11.9. The second kappa shape index (κ2) is 4.89. The molecule has 0 radical (unpaired) electrons. The van der Waals surface area contributed by atoms with Gasteiger partial charge in [0.25, 0.3) is 0 Å². The first kappa shape index (κ1) is 12.5. The third-order valence-corrected chi connectivity index (χ3v) is 4.45. The van der Waals surface area contributed by atoms with Crippen LogP contribution in [0.3, 0.4) is 0 Å². The van der Waals surface area contributed by atoms with Crippen molar-refractivity contribution in [1.82, 2.24) is 9.47 Å². The van der Waals surface area contributed by atoms with Gasteiger partial charge < -0.3 is 15.2 Å². The normalized spacial score (nSPS) is 18.2. The molecule has 0 atom stereocenters. The van der Waals surface area contributed by atoms with Crippen molar-refractivity contribution in [3.8, 4) is 0 Å². The lowest BCUT2D eigenvalue weighted by Gasteiger charge is -2.32. The summed E-state index contributed by atoms with van der Waals surface area (Å²) >= 11 is 0. The van der Waals surface area contributed by atoms with E-state index in [1.165, 1.54) is 48.9 Å². The second-order valence-electron chi connectivity index (χ2n) is 5.66. The Morgan fingerprint density at radius 2 is 2.00 bits per heavy atom. The molecule has 0 saturated carbocycles. The van der Waals surface area contributed by atoms with Crippen LogP contribution in [-0.4, -0.2) is 29.1 Å². The van der Waals surface area contributed by atoms with E-state index in [-0.39, 0.29) is 0 Å². The average molecular weight is 257 g/mol. The minimum Gasteiger partial charge on any atom is -0.399 e. The summed E-state index contributed by atoms with van der Waals surface area (Å²) in [5.41, 5.74) is 9.42. The molecule has 2 N–H and O–H groups in total. The summed E-state index contributed by atoms with van der Waals surface area (Å²) in [5.74, 6) is 0.